The van der Waals surface area contributed by atoms with Crippen molar-refractivity contribution in [2.24, 2.45) is 0 Å². The SMILES string of the molecule is Cc1cccc(NC(=O)CC2C(=O)N(c3ccc(Cl)cc3)C(=S)N2NC(=O)c2cccc(F)c2)c1. The maximum absolute atomic E-state index is 13.6. The molecule has 0 radical (unpaired) electrons. The molecule has 2 N–H and O–H groups in total. The van der Waals surface area contributed by atoms with Gasteiger partial charge in [0.05, 0.1) is 12.1 Å². The molecular formula is C25H20ClFN4O3S. The second kappa shape index (κ2) is 10.2. The maximum Gasteiger partial charge on any atom is 0.269 e. The van der Waals surface area contributed by atoms with Gasteiger partial charge in [0.2, 0.25) is 11.0 Å². The number of nitrogens with zero attached hydrogens (tertiary/aromatic N) is 2. The summed E-state index contributed by atoms with van der Waals surface area (Å²) in [4.78, 5) is 40.3. The lowest BCUT2D eigenvalue weighted by Gasteiger charge is -2.24. The summed E-state index contributed by atoms with van der Waals surface area (Å²) in [5, 5.41) is 4.36. The van der Waals surface area contributed by atoms with Gasteiger partial charge in [-0.3, -0.25) is 24.7 Å². The fourth-order valence-corrected chi connectivity index (χ4v) is 4.14. The minimum atomic E-state index is -1.12. The Hall–Kier alpha value is -3.82. The first-order valence-electron chi connectivity index (χ1n) is 10.6. The number of benzene rings is 3. The lowest BCUT2D eigenvalue weighted by atomic mass is 10.1. The molecule has 0 spiro atoms. The molecule has 3 aromatic carbocycles. The van der Waals surface area contributed by atoms with E-state index in [1.54, 1.807) is 42.5 Å². The molecule has 1 atom stereocenters. The lowest BCUT2D eigenvalue weighted by Crippen LogP contribution is -2.49. The van der Waals surface area contributed by atoms with Crippen LogP contribution in [0.2, 0.25) is 5.02 Å². The van der Waals surface area contributed by atoms with Crippen LogP contribution >= 0.6 is 23.8 Å². The van der Waals surface area contributed by atoms with Gasteiger partial charge >= 0.3 is 0 Å². The normalized spacial score (nSPS) is 15.3. The molecular weight excluding hydrogens is 491 g/mol. The first kappa shape index (κ1) is 24.3. The van der Waals surface area contributed by atoms with E-state index in [4.69, 9.17) is 23.8 Å². The summed E-state index contributed by atoms with van der Waals surface area (Å²) in [6.07, 6.45) is -0.291. The average molecular weight is 511 g/mol. The summed E-state index contributed by atoms with van der Waals surface area (Å²) in [5.74, 6) is -2.22. The molecule has 35 heavy (non-hydrogen) atoms. The van der Waals surface area contributed by atoms with Gasteiger partial charge in [-0.1, -0.05) is 29.8 Å². The second-order valence-corrected chi connectivity index (χ2v) is 8.69. The van der Waals surface area contributed by atoms with E-state index in [0.717, 1.165) is 16.6 Å². The van der Waals surface area contributed by atoms with Crippen LogP contribution in [0.4, 0.5) is 15.8 Å². The first-order chi connectivity index (χ1) is 16.7. The van der Waals surface area contributed by atoms with Gasteiger partial charge in [-0.25, -0.2) is 9.40 Å². The van der Waals surface area contributed by atoms with Crippen molar-refractivity contribution in [2.75, 3.05) is 10.2 Å². The molecule has 0 saturated carbocycles. The van der Waals surface area contributed by atoms with E-state index in [-0.39, 0.29) is 17.1 Å². The van der Waals surface area contributed by atoms with E-state index in [0.29, 0.717) is 16.4 Å². The van der Waals surface area contributed by atoms with Crippen LogP contribution in [0.5, 0.6) is 0 Å². The molecule has 1 heterocycles. The summed E-state index contributed by atoms with van der Waals surface area (Å²) in [6.45, 7) is 1.89. The molecule has 7 nitrogen and oxygen atoms in total. The zero-order chi connectivity index (χ0) is 25.1. The van der Waals surface area contributed by atoms with Crippen LogP contribution in [0.1, 0.15) is 22.3 Å². The van der Waals surface area contributed by atoms with E-state index >= 15 is 0 Å². The summed E-state index contributed by atoms with van der Waals surface area (Å²) in [7, 11) is 0. The minimum absolute atomic E-state index is 0.0320. The van der Waals surface area contributed by atoms with Crippen LogP contribution < -0.4 is 15.6 Å². The van der Waals surface area contributed by atoms with Crippen molar-refractivity contribution in [1.82, 2.24) is 10.4 Å². The molecule has 1 aliphatic rings. The van der Waals surface area contributed by atoms with E-state index < -0.39 is 29.6 Å². The Morgan fingerprint density at radius 2 is 1.77 bits per heavy atom. The molecule has 178 valence electrons. The molecule has 1 aliphatic heterocycles. The van der Waals surface area contributed by atoms with Crippen molar-refractivity contribution < 1.29 is 18.8 Å². The highest BCUT2D eigenvalue weighted by atomic mass is 35.5. The highest BCUT2D eigenvalue weighted by Gasteiger charge is 2.45. The number of nitrogens with one attached hydrogen (secondary N) is 2. The van der Waals surface area contributed by atoms with Gasteiger partial charge in [0.25, 0.3) is 11.8 Å². The quantitative estimate of drug-likeness (QED) is 0.478. The third-order valence-electron chi connectivity index (χ3n) is 5.29. The van der Waals surface area contributed by atoms with Gasteiger partial charge in [0.1, 0.15) is 11.9 Å². The number of halogens is 2. The number of hydrogen-bond donors (Lipinski definition) is 2. The molecule has 3 aromatic rings. The number of carbonyl (C=O) groups excluding carboxylic acids is 3. The van der Waals surface area contributed by atoms with E-state index in [1.165, 1.54) is 23.1 Å². The fraction of sp³-hybridized carbons (Fsp3) is 0.120. The molecule has 0 aliphatic carbocycles. The van der Waals surface area contributed by atoms with Gasteiger partial charge < -0.3 is 5.32 Å². The number of hydrazine groups is 1. The Labute approximate surface area is 211 Å². The highest BCUT2D eigenvalue weighted by molar-refractivity contribution is 7.80. The second-order valence-electron chi connectivity index (χ2n) is 7.89. The predicted octanol–water partition coefficient (Wildman–Crippen LogP) is 4.46. The number of thiocarbonyl (C=S) groups is 1. The van der Waals surface area contributed by atoms with Gasteiger partial charge in [-0.05, 0) is 79.3 Å². The van der Waals surface area contributed by atoms with Gasteiger partial charge in [-0.2, -0.15) is 0 Å². The van der Waals surface area contributed by atoms with Crippen LogP contribution in [0.3, 0.4) is 0 Å². The number of aryl methyl sites for hydroxylation is 1. The number of amides is 3. The highest BCUT2D eigenvalue weighted by Crippen LogP contribution is 2.27. The minimum Gasteiger partial charge on any atom is -0.326 e. The van der Waals surface area contributed by atoms with Gasteiger partial charge in [0, 0.05) is 16.3 Å². The van der Waals surface area contributed by atoms with E-state index in [1.807, 2.05) is 13.0 Å². The van der Waals surface area contributed by atoms with E-state index in [2.05, 4.69) is 10.7 Å². The molecule has 1 saturated heterocycles. The van der Waals surface area contributed by atoms with Gasteiger partial charge in [-0.15, -0.1) is 0 Å². The predicted molar refractivity (Wildman–Crippen MR) is 135 cm³/mol. The van der Waals surface area contributed by atoms with Crippen LogP contribution in [0.25, 0.3) is 0 Å². The zero-order valence-electron chi connectivity index (χ0n) is 18.5. The van der Waals surface area contributed by atoms with Crippen molar-refractivity contribution >= 4 is 58.0 Å². The topological polar surface area (TPSA) is 81.8 Å². The number of carbonyl (C=O) groups is 3. The van der Waals surface area contributed by atoms with Crippen molar-refractivity contribution in [3.05, 3.63) is 94.8 Å². The third kappa shape index (κ3) is 5.47. The van der Waals surface area contributed by atoms with Crippen molar-refractivity contribution in [1.29, 1.82) is 0 Å². The number of rotatable bonds is 6. The van der Waals surface area contributed by atoms with Crippen LogP contribution in [-0.2, 0) is 9.59 Å². The molecule has 1 unspecified atom stereocenters. The molecule has 10 heteroatoms. The Kier molecular flexibility index (Phi) is 7.09. The number of hydrogen-bond acceptors (Lipinski definition) is 4. The summed E-state index contributed by atoms with van der Waals surface area (Å²) >= 11 is 11.5. The Morgan fingerprint density at radius 1 is 1.06 bits per heavy atom. The summed E-state index contributed by atoms with van der Waals surface area (Å²) < 4.78 is 13.6. The smallest absolute Gasteiger partial charge is 0.269 e. The average Bonchev–Trinajstić information content (AvgIpc) is 3.03. The van der Waals surface area contributed by atoms with Crippen molar-refractivity contribution in [3.8, 4) is 0 Å². The molecule has 0 bridgehead atoms. The van der Waals surface area contributed by atoms with Crippen LogP contribution in [-0.4, -0.2) is 33.9 Å². The third-order valence-corrected chi connectivity index (χ3v) is 5.92. The van der Waals surface area contributed by atoms with Gasteiger partial charge in [0.15, 0.2) is 0 Å². The molecule has 0 aromatic heterocycles. The largest absolute Gasteiger partial charge is 0.326 e. The van der Waals surface area contributed by atoms with E-state index in [9.17, 15) is 18.8 Å². The first-order valence-corrected chi connectivity index (χ1v) is 11.4. The lowest BCUT2D eigenvalue weighted by molar-refractivity contribution is -0.124. The summed E-state index contributed by atoms with van der Waals surface area (Å²) in [6, 6.07) is 17.6. The maximum atomic E-state index is 13.6. The monoisotopic (exact) mass is 510 g/mol. The zero-order valence-corrected chi connectivity index (χ0v) is 20.1. The number of anilines is 2. The Morgan fingerprint density at radius 3 is 2.46 bits per heavy atom. The Balaban J connectivity index is 1.61. The Bertz CT molecular complexity index is 1320. The molecule has 3 amide bonds. The fourth-order valence-electron chi connectivity index (χ4n) is 3.64. The summed E-state index contributed by atoms with van der Waals surface area (Å²) in [5.41, 5.74) is 4.56. The van der Waals surface area contributed by atoms with Crippen LogP contribution in [0.15, 0.2) is 72.8 Å². The molecule has 4 rings (SSSR count). The van der Waals surface area contributed by atoms with Crippen molar-refractivity contribution in [2.45, 2.75) is 19.4 Å². The molecule has 1 fully saturated rings. The van der Waals surface area contributed by atoms with Crippen LogP contribution in [0, 0.1) is 12.7 Å². The standard InChI is InChI=1S/C25H20ClFN4O3S/c1-15-4-2-7-19(12-15)28-22(32)14-21-24(34)30(20-10-8-17(26)9-11-20)25(35)31(21)29-23(33)16-5-3-6-18(27)13-16/h2-13,21H,14H2,1H3,(H,28,32)(H,29,33). The van der Waals surface area contributed by atoms with Crippen molar-refractivity contribution in [3.63, 3.8) is 0 Å².